The Morgan fingerprint density at radius 2 is 2.00 bits per heavy atom. The highest BCUT2D eigenvalue weighted by molar-refractivity contribution is 6.31. The van der Waals surface area contributed by atoms with Crippen molar-refractivity contribution >= 4 is 11.6 Å². The van der Waals surface area contributed by atoms with Crippen LogP contribution in [0.2, 0.25) is 5.02 Å². The van der Waals surface area contributed by atoms with Gasteiger partial charge in [-0.1, -0.05) is 23.7 Å². The van der Waals surface area contributed by atoms with Gasteiger partial charge >= 0.3 is 0 Å². The van der Waals surface area contributed by atoms with Crippen molar-refractivity contribution in [2.24, 2.45) is 0 Å². The van der Waals surface area contributed by atoms with Crippen molar-refractivity contribution in [1.82, 2.24) is 0 Å². The van der Waals surface area contributed by atoms with Gasteiger partial charge in [0.05, 0.1) is 5.02 Å². The zero-order valence-electron chi connectivity index (χ0n) is 5.76. The molecule has 0 aromatic heterocycles. The average Bonchev–Trinajstić information content (AvgIpc) is 1.88. The third-order valence-electron chi connectivity index (χ3n) is 1.37. The molecule has 1 nitrogen and oxygen atoms in total. The van der Waals surface area contributed by atoms with E-state index in [1.54, 1.807) is 6.92 Å². The van der Waals surface area contributed by atoms with Crippen LogP contribution in [-0.2, 0) is 0 Å². The number of hydrogen-bond donors (Lipinski definition) is 0. The molecule has 1 rings (SSSR count). The van der Waals surface area contributed by atoms with Crippen LogP contribution in [0.1, 0.15) is 18.6 Å². The summed E-state index contributed by atoms with van der Waals surface area (Å²) in [6.45, 7) is 1.81. The lowest BCUT2D eigenvalue weighted by atomic mass is 10.1. The Kier molecular flexibility index (Phi) is 2.30. The molecule has 2 N–H and O–H groups in total. The van der Waals surface area contributed by atoms with Crippen LogP contribution < -0.4 is 0 Å². The van der Waals surface area contributed by atoms with Crippen LogP contribution in [0, 0.1) is 0 Å². The van der Waals surface area contributed by atoms with Crippen LogP contribution in [0.5, 0.6) is 0 Å². The molecule has 0 aliphatic heterocycles. The molecule has 0 unspecified atom stereocenters. The van der Waals surface area contributed by atoms with E-state index < -0.39 is 0 Å². The van der Waals surface area contributed by atoms with Gasteiger partial charge in [-0.25, -0.2) is 0 Å². The summed E-state index contributed by atoms with van der Waals surface area (Å²) in [5, 5.41) is 8.06. The van der Waals surface area contributed by atoms with E-state index in [2.05, 4.69) is 0 Å². The smallest absolute Gasteiger partial charge is 0.178 e. The minimum absolute atomic E-state index is 0.228. The Bertz CT molecular complexity index is 220. The van der Waals surface area contributed by atoms with E-state index in [9.17, 15) is 0 Å². The van der Waals surface area contributed by atoms with Crippen molar-refractivity contribution in [2.75, 3.05) is 0 Å². The summed E-state index contributed by atoms with van der Waals surface area (Å²) in [6, 6.07) is 7.45. The molecule has 0 saturated carbocycles. The first-order valence-corrected chi connectivity index (χ1v) is 3.55. The van der Waals surface area contributed by atoms with Crippen molar-refractivity contribution in [1.29, 1.82) is 0 Å². The number of rotatable bonds is 1. The summed E-state index contributed by atoms with van der Waals surface area (Å²) in [7, 11) is 0. The van der Waals surface area contributed by atoms with Crippen molar-refractivity contribution < 1.29 is 5.11 Å². The molecular formula is C8H10ClO+. The van der Waals surface area contributed by atoms with E-state index in [4.69, 9.17) is 16.7 Å². The van der Waals surface area contributed by atoms with Gasteiger partial charge in [-0.2, -0.15) is 0 Å². The number of halogens is 1. The van der Waals surface area contributed by atoms with Crippen molar-refractivity contribution in [3.63, 3.8) is 0 Å². The zero-order valence-corrected chi connectivity index (χ0v) is 6.52. The quantitative estimate of drug-likeness (QED) is 0.558. The van der Waals surface area contributed by atoms with Crippen molar-refractivity contribution in [3.05, 3.63) is 34.9 Å². The van der Waals surface area contributed by atoms with Crippen LogP contribution >= 0.6 is 11.6 Å². The van der Waals surface area contributed by atoms with E-state index in [-0.39, 0.29) is 6.10 Å². The lowest BCUT2D eigenvalue weighted by Gasteiger charge is -2.01. The molecule has 1 aromatic rings. The highest BCUT2D eigenvalue weighted by Gasteiger charge is 2.07. The van der Waals surface area contributed by atoms with Gasteiger partial charge in [-0.3, -0.25) is 0 Å². The van der Waals surface area contributed by atoms with Gasteiger partial charge < -0.3 is 5.11 Å². The molecule has 0 spiro atoms. The SMILES string of the molecule is C[C@@H]([OH2+])c1ccccc1Cl. The van der Waals surface area contributed by atoms with E-state index >= 15 is 0 Å². The van der Waals surface area contributed by atoms with Crippen LogP contribution in [0.3, 0.4) is 0 Å². The second-order valence-electron chi connectivity index (χ2n) is 2.24. The van der Waals surface area contributed by atoms with Crippen molar-refractivity contribution in [3.8, 4) is 0 Å². The normalized spacial score (nSPS) is 13.1. The zero-order chi connectivity index (χ0) is 7.56. The van der Waals surface area contributed by atoms with Crippen LogP contribution in [0.25, 0.3) is 0 Å². The molecule has 1 atom stereocenters. The summed E-state index contributed by atoms with van der Waals surface area (Å²) >= 11 is 5.80. The largest absolute Gasteiger partial charge is 0.440 e. The fourth-order valence-corrected chi connectivity index (χ4v) is 1.13. The first-order valence-electron chi connectivity index (χ1n) is 3.17. The maximum Gasteiger partial charge on any atom is 0.178 e. The van der Waals surface area contributed by atoms with Crippen LogP contribution in [-0.4, -0.2) is 5.11 Å². The van der Waals surface area contributed by atoms with Gasteiger partial charge in [-0.05, 0) is 12.1 Å². The Morgan fingerprint density at radius 3 is 2.40 bits per heavy atom. The van der Waals surface area contributed by atoms with Crippen LogP contribution in [0.4, 0.5) is 0 Å². The average molecular weight is 158 g/mol. The van der Waals surface area contributed by atoms with Gasteiger partial charge in [0.2, 0.25) is 0 Å². The van der Waals surface area contributed by atoms with E-state index in [0.29, 0.717) is 5.02 Å². The maximum atomic E-state index is 7.38. The molecule has 1 aromatic carbocycles. The van der Waals surface area contributed by atoms with Gasteiger partial charge in [0, 0.05) is 12.5 Å². The lowest BCUT2D eigenvalue weighted by Crippen LogP contribution is -1.90. The second kappa shape index (κ2) is 3.04. The van der Waals surface area contributed by atoms with Crippen LogP contribution in [0.15, 0.2) is 24.3 Å². The summed E-state index contributed by atoms with van der Waals surface area (Å²) in [5.41, 5.74) is 0.893. The molecule has 54 valence electrons. The maximum absolute atomic E-state index is 7.38. The highest BCUT2D eigenvalue weighted by atomic mass is 35.5. The number of hydrogen-bond acceptors (Lipinski definition) is 0. The molecule has 0 heterocycles. The first-order chi connectivity index (χ1) is 4.72. The minimum Gasteiger partial charge on any atom is -0.440 e. The van der Waals surface area contributed by atoms with Gasteiger partial charge in [0.1, 0.15) is 0 Å². The number of benzene rings is 1. The summed E-state index contributed by atoms with van der Waals surface area (Å²) in [6.07, 6.45) is -0.228. The van der Waals surface area contributed by atoms with Gasteiger partial charge in [-0.15, -0.1) is 0 Å². The Morgan fingerprint density at radius 1 is 1.40 bits per heavy atom. The third kappa shape index (κ3) is 1.49. The van der Waals surface area contributed by atoms with Gasteiger partial charge in [0.25, 0.3) is 0 Å². The highest BCUT2D eigenvalue weighted by Crippen LogP contribution is 2.21. The molecule has 0 radical (unpaired) electrons. The fraction of sp³-hybridized carbons (Fsp3) is 0.250. The minimum atomic E-state index is -0.228. The molecule has 0 fully saturated rings. The predicted molar refractivity (Wildman–Crippen MR) is 43.5 cm³/mol. The first kappa shape index (κ1) is 7.58. The molecular weight excluding hydrogens is 148 g/mol. The standard InChI is InChI=1S/C8H9ClO/c1-6(10)7-4-2-3-5-8(7)9/h2-6,10H,1H3/p+1/t6-/m1/s1. The second-order valence-corrected chi connectivity index (χ2v) is 2.65. The predicted octanol–water partition coefficient (Wildman–Crippen LogP) is 2.13. The third-order valence-corrected chi connectivity index (χ3v) is 1.72. The Hall–Kier alpha value is -0.530. The van der Waals surface area contributed by atoms with E-state index in [1.165, 1.54) is 0 Å². The molecule has 10 heavy (non-hydrogen) atoms. The lowest BCUT2D eigenvalue weighted by molar-refractivity contribution is 0.199. The Balaban J connectivity index is 3.03. The molecule has 0 saturated heterocycles. The molecule has 0 aliphatic rings. The van der Waals surface area contributed by atoms with E-state index in [0.717, 1.165) is 5.56 Å². The Labute approximate surface area is 65.3 Å². The van der Waals surface area contributed by atoms with E-state index in [1.807, 2.05) is 24.3 Å². The topological polar surface area (TPSA) is 22.9 Å². The summed E-state index contributed by atoms with van der Waals surface area (Å²) in [5.74, 6) is 0. The van der Waals surface area contributed by atoms with Crippen molar-refractivity contribution in [2.45, 2.75) is 13.0 Å². The summed E-state index contributed by atoms with van der Waals surface area (Å²) in [4.78, 5) is 0. The summed E-state index contributed by atoms with van der Waals surface area (Å²) < 4.78 is 0. The molecule has 0 aliphatic carbocycles. The fourth-order valence-electron chi connectivity index (χ4n) is 0.826. The molecule has 2 heteroatoms. The monoisotopic (exact) mass is 157 g/mol. The molecule has 0 bridgehead atoms. The van der Waals surface area contributed by atoms with Gasteiger partial charge in [0.15, 0.2) is 6.10 Å². The molecule has 0 amide bonds.